The van der Waals surface area contributed by atoms with Crippen molar-refractivity contribution < 1.29 is 9.53 Å². The van der Waals surface area contributed by atoms with Gasteiger partial charge in [-0.25, -0.2) is 0 Å². The highest BCUT2D eigenvalue weighted by atomic mass is 16.5. The highest BCUT2D eigenvalue weighted by molar-refractivity contribution is 5.82. The van der Waals surface area contributed by atoms with Gasteiger partial charge in [0.2, 0.25) is 5.91 Å². The standard InChI is InChI=1S/C11H19N5O2/c1-4-18-9-5-8(9)11(17)16(3)6-7(2)10-12-14-15-13-10/h7-9H,4-6H2,1-3H3,(H,12,13,14,15)/t7-,8+,9-/m1/s1. The Morgan fingerprint density at radius 1 is 1.67 bits per heavy atom. The normalized spacial score (nSPS) is 23.7. The second-order valence-corrected chi connectivity index (χ2v) is 4.73. The second-order valence-electron chi connectivity index (χ2n) is 4.73. The second kappa shape index (κ2) is 5.43. The van der Waals surface area contributed by atoms with Crippen LogP contribution in [0.15, 0.2) is 0 Å². The summed E-state index contributed by atoms with van der Waals surface area (Å²) in [7, 11) is 1.81. The molecule has 1 fully saturated rings. The largest absolute Gasteiger partial charge is 0.378 e. The Bertz CT molecular complexity index is 394. The Morgan fingerprint density at radius 3 is 3.06 bits per heavy atom. The number of carbonyl (C=O) groups is 1. The van der Waals surface area contributed by atoms with Gasteiger partial charge >= 0.3 is 0 Å². The molecule has 7 nitrogen and oxygen atoms in total. The molecule has 0 aromatic carbocycles. The van der Waals surface area contributed by atoms with Crippen molar-refractivity contribution in [2.45, 2.75) is 32.3 Å². The summed E-state index contributed by atoms with van der Waals surface area (Å²) in [6, 6.07) is 0. The summed E-state index contributed by atoms with van der Waals surface area (Å²) in [4.78, 5) is 13.8. The molecule has 1 heterocycles. The van der Waals surface area contributed by atoms with Crippen molar-refractivity contribution in [3.63, 3.8) is 0 Å². The van der Waals surface area contributed by atoms with Crippen LogP contribution in [0.2, 0.25) is 0 Å². The molecule has 0 saturated heterocycles. The van der Waals surface area contributed by atoms with E-state index in [2.05, 4.69) is 20.6 Å². The summed E-state index contributed by atoms with van der Waals surface area (Å²) in [6.07, 6.45) is 0.957. The summed E-state index contributed by atoms with van der Waals surface area (Å²) >= 11 is 0. The number of ether oxygens (including phenoxy) is 1. The number of tetrazole rings is 1. The number of rotatable bonds is 6. The number of hydrogen-bond donors (Lipinski definition) is 1. The van der Waals surface area contributed by atoms with Crippen molar-refractivity contribution in [3.05, 3.63) is 5.82 Å². The van der Waals surface area contributed by atoms with Gasteiger partial charge in [0.1, 0.15) is 0 Å². The molecule has 1 aliphatic rings. The van der Waals surface area contributed by atoms with Crippen LogP contribution in [0.1, 0.15) is 32.0 Å². The van der Waals surface area contributed by atoms with Crippen molar-refractivity contribution in [1.82, 2.24) is 25.5 Å². The quantitative estimate of drug-likeness (QED) is 0.782. The Balaban J connectivity index is 1.81. The number of nitrogens with zero attached hydrogens (tertiary/aromatic N) is 4. The van der Waals surface area contributed by atoms with Crippen LogP contribution in [0.5, 0.6) is 0 Å². The number of amides is 1. The number of hydrogen-bond acceptors (Lipinski definition) is 5. The highest BCUT2D eigenvalue weighted by Gasteiger charge is 2.45. The molecule has 0 aliphatic heterocycles. The predicted octanol–water partition coefficient (Wildman–Crippen LogP) is 0.187. The van der Waals surface area contributed by atoms with E-state index in [1.54, 1.807) is 11.9 Å². The number of aromatic nitrogens is 4. The van der Waals surface area contributed by atoms with Crippen LogP contribution in [-0.2, 0) is 9.53 Å². The maximum Gasteiger partial charge on any atom is 0.228 e. The Labute approximate surface area is 106 Å². The van der Waals surface area contributed by atoms with Crippen molar-refractivity contribution in [1.29, 1.82) is 0 Å². The third kappa shape index (κ3) is 2.84. The minimum Gasteiger partial charge on any atom is -0.378 e. The van der Waals surface area contributed by atoms with E-state index in [4.69, 9.17) is 4.74 Å². The maximum absolute atomic E-state index is 12.1. The first-order valence-corrected chi connectivity index (χ1v) is 6.23. The van der Waals surface area contributed by atoms with Gasteiger partial charge in [0.15, 0.2) is 5.82 Å². The van der Waals surface area contributed by atoms with Crippen LogP contribution in [0.25, 0.3) is 0 Å². The fourth-order valence-corrected chi connectivity index (χ4v) is 2.07. The molecule has 0 spiro atoms. The van der Waals surface area contributed by atoms with Crippen LogP contribution >= 0.6 is 0 Å². The summed E-state index contributed by atoms with van der Waals surface area (Å²) < 4.78 is 5.43. The SMILES string of the molecule is CCO[C@@H]1C[C@@H]1C(=O)N(C)C[C@@H](C)c1nn[nH]n1. The van der Waals surface area contributed by atoms with Crippen LogP contribution in [0.3, 0.4) is 0 Å². The molecule has 0 unspecified atom stereocenters. The fourth-order valence-electron chi connectivity index (χ4n) is 2.07. The summed E-state index contributed by atoms with van der Waals surface area (Å²) in [5.41, 5.74) is 0. The fraction of sp³-hybridized carbons (Fsp3) is 0.818. The topological polar surface area (TPSA) is 84.0 Å². The number of likely N-dealkylation sites (N-methyl/N-ethyl adjacent to an activating group) is 1. The molecule has 1 N–H and O–H groups in total. The Hall–Kier alpha value is -1.50. The first kappa shape index (κ1) is 12.9. The van der Waals surface area contributed by atoms with Gasteiger partial charge in [-0.15, -0.1) is 10.2 Å². The average molecular weight is 253 g/mol. The molecule has 2 rings (SSSR count). The van der Waals surface area contributed by atoms with Crippen LogP contribution < -0.4 is 0 Å². The molecule has 1 aromatic rings. The molecule has 7 heteroatoms. The molecular weight excluding hydrogens is 234 g/mol. The molecule has 1 saturated carbocycles. The first-order valence-electron chi connectivity index (χ1n) is 6.23. The van der Waals surface area contributed by atoms with Gasteiger partial charge in [-0.1, -0.05) is 12.1 Å². The van der Waals surface area contributed by atoms with Gasteiger partial charge < -0.3 is 9.64 Å². The zero-order chi connectivity index (χ0) is 13.1. The molecule has 0 radical (unpaired) electrons. The Morgan fingerprint density at radius 2 is 2.44 bits per heavy atom. The van der Waals surface area contributed by atoms with E-state index in [0.29, 0.717) is 19.0 Å². The predicted molar refractivity (Wildman–Crippen MR) is 63.8 cm³/mol. The van der Waals surface area contributed by atoms with E-state index in [-0.39, 0.29) is 23.8 Å². The summed E-state index contributed by atoms with van der Waals surface area (Å²) in [5.74, 6) is 0.880. The van der Waals surface area contributed by atoms with Gasteiger partial charge in [-0.3, -0.25) is 4.79 Å². The zero-order valence-corrected chi connectivity index (χ0v) is 11.0. The smallest absolute Gasteiger partial charge is 0.228 e. The van der Waals surface area contributed by atoms with E-state index in [1.165, 1.54) is 0 Å². The molecule has 1 aliphatic carbocycles. The summed E-state index contributed by atoms with van der Waals surface area (Å²) in [5, 5.41) is 13.8. The van der Waals surface area contributed by atoms with E-state index in [1.807, 2.05) is 13.8 Å². The molecule has 0 bridgehead atoms. The van der Waals surface area contributed by atoms with Crippen molar-refractivity contribution in [2.75, 3.05) is 20.2 Å². The number of nitrogens with one attached hydrogen (secondary N) is 1. The lowest BCUT2D eigenvalue weighted by Gasteiger charge is -2.19. The number of H-pyrrole nitrogens is 1. The molecular formula is C11H19N5O2. The summed E-state index contributed by atoms with van der Waals surface area (Å²) in [6.45, 7) is 5.18. The lowest BCUT2D eigenvalue weighted by Crippen LogP contribution is -2.32. The molecule has 3 atom stereocenters. The third-order valence-electron chi connectivity index (χ3n) is 3.16. The Kier molecular flexibility index (Phi) is 3.90. The van der Waals surface area contributed by atoms with Crippen LogP contribution in [-0.4, -0.2) is 57.7 Å². The molecule has 1 amide bonds. The maximum atomic E-state index is 12.1. The van der Waals surface area contributed by atoms with Crippen molar-refractivity contribution >= 4 is 5.91 Å². The van der Waals surface area contributed by atoms with Crippen molar-refractivity contribution in [2.24, 2.45) is 5.92 Å². The first-order chi connectivity index (χ1) is 8.63. The zero-order valence-electron chi connectivity index (χ0n) is 11.0. The van der Waals surface area contributed by atoms with Crippen LogP contribution in [0, 0.1) is 5.92 Å². The monoisotopic (exact) mass is 253 g/mol. The van der Waals surface area contributed by atoms with Gasteiger partial charge in [-0.2, -0.15) is 5.21 Å². The van der Waals surface area contributed by atoms with E-state index in [9.17, 15) is 4.79 Å². The van der Waals surface area contributed by atoms with Gasteiger partial charge in [0.05, 0.1) is 12.0 Å². The number of aromatic amines is 1. The van der Waals surface area contributed by atoms with E-state index < -0.39 is 0 Å². The van der Waals surface area contributed by atoms with Gasteiger partial charge in [0, 0.05) is 26.1 Å². The molecule has 100 valence electrons. The third-order valence-corrected chi connectivity index (χ3v) is 3.16. The van der Waals surface area contributed by atoms with Crippen LogP contribution in [0.4, 0.5) is 0 Å². The van der Waals surface area contributed by atoms with Gasteiger partial charge in [-0.05, 0) is 13.3 Å². The molecule has 1 aromatic heterocycles. The average Bonchev–Trinajstić information content (AvgIpc) is 2.91. The lowest BCUT2D eigenvalue weighted by molar-refractivity contribution is -0.132. The lowest BCUT2D eigenvalue weighted by atomic mass is 10.1. The van der Waals surface area contributed by atoms with E-state index in [0.717, 1.165) is 6.42 Å². The minimum atomic E-state index is 0.0346. The highest BCUT2D eigenvalue weighted by Crippen LogP contribution is 2.35. The molecule has 18 heavy (non-hydrogen) atoms. The van der Waals surface area contributed by atoms with Gasteiger partial charge in [0.25, 0.3) is 0 Å². The van der Waals surface area contributed by atoms with Crippen molar-refractivity contribution in [3.8, 4) is 0 Å². The van der Waals surface area contributed by atoms with E-state index >= 15 is 0 Å². The number of carbonyl (C=O) groups excluding carboxylic acids is 1. The minimum absolute atomic E-state index is 0.0346.